The largest absolute Gasteiger partial charge is 0.378 e. The molecule has 0 atom stereocenters. The molecule has 182 valence electrons. The first-order valence-electron chi connectivity index (χ1n) is 12.0. The van der Waals surface area contributed by atoms with Crippen LogP contribution in [0.3, 0.4) is 0 Å². The van der Waals surface area contributed by atoms with Crippen molar-refractivity contribution in [1.29, 1.82) is 0 Å². The molecule has 4 nitrogen and oxygen atoms in total. The Morgan fingerprint density at radius 2 is 1.40 bits per heavy atom. The average Bonchev–Trinajstić information content (AvgIpc) is 2.80. The van der Waals surface area contributed by atoms with Crippen LogP contribution in [0.1, 0.15) is 43.0 Å². The summed E-state index contributed by atoms with van der Waals surface area (Å²) in [6.07, 6.45) is 0. The van der Waals surface area contributed by atoms with Crippen molar-refractivity contribution in [2.45, 2.75) is 45.8 Å². The van der Waals surface area contributed by atoms with Crippen LogP contribution in [0.25, 0.3) is 10.9 Å². The lowest BCUT2D eigenvalue weighted by Crippen LogP contribution is -2.26. The van der Waals surface area contributed by atoms with Gasteiger partial charge in [0.05, 0.1) is 0 Å². The summed E-state index contributed by atoms with van der Waals surface area (Å²) in [6.45, 7) is 8.77. The molecule has 0 bridgehead atoms. The molecule has 0 fully saturated rings. The first-order valence-corrected chi connectivity index (χ1v) is 12.8. The van der Waals surface area contributed by atoms with E-state index in [1.807, 2.05) is 38.4 Å². The fraction of sp³-hybridized carbons (Fsp3) is 0.300. The summed E-state index contributed by atoms with van der Waals surface area (Å²) in [5.74, 6) is 0. The molecule has 1 N–H and O–H groups in total. The number of hydrogen-bond acceptors (Lipinski definition) is 3. The molecule has 0 aliphatic carbocycles. The Bertz CT molecular complexity index is 1350. The third kappa shape index (κ3) is 6.41. The Balaban J connectivity index is 1.63. The Kier molecular flexibility index (Phi) is 7.48. The maximum atomic E-state index is 12.9. The minimum atomic E-state index is -0.0316. The second kappa shape index (κ2) is 10.4. The highest BCUT2D eigenvalue weighted by molar-refractivity contribution is 9.10. The number of halogens is 1. The predicted octanol–water partition coefficient (Wildman–Crippen LogP) is 6.86. The highest BCUT2D eigenvalue weighted by atomic mass is 79.9. The van der Waals surface area contributed by atoms with E-state index >= 15 is 0 Å². The van der Waals surface area contributed by atoms with E-state index in [4.69, 9.17) is 0 Å². The second-order valence-corrected chi connectivity index (χ2v) is 11.4. The third-order valence-corrected chi connectivity index (χ3v) is 6.86. The number of benzene rings is 3. The molecular formula is C30H34BrN3O. The van der Waals surface area contributed by atoms with Gasteiger partial charge in [-0.15, -0.1) is 0 Å². The standard InChI is InChI=1S/C30H34BrN3O/c1-30(2,3)25-10-6-21(7-11-25)18-34(19-22-8-13-27(14-9-22)33(4)5)20-24-16-23-17-26(31)12-15-28(23)32-29(24)35/h6-17H,18-20H2,1-5H3,(H,32,35). The van der Waals surface area contributed by atoms with Gasteiger partial charge in [0.1, 0.15) is 0 Å². The SMILES string of the molecule is CN(C)c1ccc(CN(Cc2ccc(C(C)(C)C)cc2)Cc2cc3cc(Br)ccc3[nH]c2=O)cc1. The second-order valence-electron chi connectivity index (χ2n) is 10.5. The number of aromatic nitrogens is 1. The number of hydrogen-bond donors (Lipinski definition) is 1. The topological polar surface area (TPSA) is 39.3 Å². The van der Waals surface area contributed by atoms with Crippen molar-refractivity contribution in [1.82, 2.24) is 9.88 Å². The number of rotatable bonds is 7. The molecule has 1 heterocycles. The molecule has 0 amide bonds. The lowest BCUT2D eigenvalue weighted by molar-refractivity contribution is 0.247. The average molecular weight is 533 g/mol. The molecule has 0 aliphatic rings. The van der Waals surface area contributed by atoms with Gasteiger partial charge >= 0.3 is 0 Å². The van der Waals surface area contributed by atoms with E-state index in [0.29, 0.717) is 6.54 Å². The van der Waals surface area contributed by atoms with Gasteiger partial charge < -0.3 is 9.88 Å². The summed E-state index contributed by atoms with van der Waals surface area (Å²) in [5, 5.41) is 1.03. The van der Waals surface area contributed by atoms with Gasteiger partial charge in [-0.2, -0.15) is 0 Å². The summed E-state index contributed by atoms with van der Waals surface area (Å²) < 4.78 is 1.000. The van der Waals surface area contributed by atoms with Crippen LogP contribution in [0.4, 0.5) is 5.69 Å². The number of anilines is 1. The Labute approximate surface area is 216 Å². The molecular weight excluding hydrogens is 498 g/mol. The zero-order valence-corrected chi connectivity index (χ0v) is 22.8. The zero-order valence-electron chi connectivity index (χ0n) is 21.2. The number of H-pyrrole nitrogens is 1. The van der Waals surface area contributed by atoms with E-state index in [-0.39, 0.29) is 11.0 Å². The maximum absolute atomic E-state index is 12.9. The number of nitrogens with one attached hydrogen (secondary N) is 1. The maximum Gasteiger partial charge on any atom is 0.252 e. The number of pyridine rings is 1. The predicted molar refractivity (Wildman–Crippen MR) is 151 cm³/mol. The smallest absolute Gasteiger partial charge is 0.252 e. The van der Waals surface area contributed by atoms with Crippen molar-refractivity contribution in [3.63, 3.8) is 0 Å². The van der Waals surface area contributed by atoms with Crippen molar-refractivity contribution in [2.75, 3.05) is 19.0 Å². The molecule has 0 saturated heterocycles. The summed E-state index contributed by atoms with van der Waals surface area (Å²) in [6, 6.07) is 25.5. The lowest BCUT2D eigenvalue weighted by atomic mass is 9.87. The van der Waals surface area contributed by atoms with E-state index < -0.39 is 0 Å². The van der Waals surface area contributed by atoms with E-state index in [2.05, 4.69) is 100 Å². The summed E-state index contributed by atoms with van der Waals surface area (Å²) in [7, 11) is 4.10. The third-order valence-electron chi connectivity index (χ3n) is 6.36. The molecule has 0 aliphatic heterocycles. The van der Waals surface area contributed by atoms with Crippen LogP contribution in [0, 0.1) is 0 Å². The molecule has 35 heavy (non-hydrogen) atoms. The number of nitrogens with zero attached hydrogens (tertiary/aromatic N) is 2. The molecule has 0 radical (unpaired) electrons. The van der Waals surface area contributed by atoms with Crippen LogP contribution >= 0.6 is 15.9 Å². The van der Waals surface area contributed by atoms with Crippen molar-refractivity contribution < 1.29 is 0 Å². The first-order chi connectivity index (χ1) is 16.6. The molecule has 4 aromatic rings. The van der Waals surface area contributed by atoms with Gasteiger partial charge in [-0.1, -0.05) is 73.1 Å². The van der Waals surface area contributed by atoms with Crippen LogP contribution in [-0.2, 0) is 25.0 Å². The molecule has 0 saturated carbocycles. The van der Waals surface area contributed by atoms with Crippen molar-refractivity contribution >= 4 is 32.5 Å². The number of fused-ring (bicyclic) bond motifs is 1. The molecule has 4 rings (SSSR count). The van der Waals surface area contributed by atoms with Gasteiger partial charge in [-0.25, -0.2) is 0 Å². The van der Waals surface area contributed by atoms with Gasteiger partial charge in [-0.05, 0) is 63.9 Å². The Morgan fingerprint density at radius 3 is 1.97 bits per heavy atom. The van der Waals surface area contributed by atoms with Crippen molar-refractivity contribution in [3.8, 4) is 0 Å². The fourth-order valence-electron chi connectivity index (χ4n) is 4.27. The summed E-state index contributed by atoms with van der Waals surface area (Å²) >= 11 is 3.54. The van der Waals surface area contributed by atoms with Crippen molar-refractivity contribution in [3.05, 3.63) is 110 Å². The normalized spacial score (nSPS) is 11.9. The monoisotopic (exact) mass is 531 g/mol. The van der Waals surface area contributed by atoms with Crippen LogP contribution in [0.2, 0.25) is 0 Å². The van der Waals surface area contributed by atoms with Crippen molar-refractivity contribution in [2.24, 2.45) is 0 Å². The summed E-state index contributed by atoms with van der Waals surface area (Å²) in [5.41, 5.74) is 6.68. The van der Waals surface area contributed by atoms with Crippen LogP contribution in [-0.4, -0.2) is 24.0 Å². The number of aromatic amines is 1. The quantitative estimate of drug-likeness (QED) is 0.283. The summed E-state index contributed by atoms with van der Waals surface area (Å²) in [4.78, 5) is 20.4. The van der Waals surface area contributed by atoms with E-state index in [9.17, 15) is 4.79 Å². The van der Waals surface area contributed by atoms with E-state index in [1.165, 1.54) is 22.4 Å². The van der Waals surface area contributed by atoms with Crippen LogP contribution in [0.15, 0.2) is 82.1 Å². The highest BCUT2D eigenvalue weighted by Crippen LogP contribution is 2.24. The van der Waals surface area contributed by atoms with Crippen LogP contribution in [0.5, 0.6) is 0 Å². The minimum Gasteiger partial charge on any atom is -0.378 e. The van der Waals surface area contributed by atoms with E-state index in [0.717, 1.165) is 34.0 Å². The van der Waals surface area contributed by atoms with Gasteiger partial charge in [0.25, 0.3) is 5.56 Å². The van der Waals surface area contributed by atoms with Gasteiger partial charge in [0.15, 0.2) is 0 Å². The molecule has 0 unspecified atom stereocenters. The lowest BCUT2D eigenvalue weighted by Gasteiger charge is -2.24. The molecule has 1 aromatic heterocycles. The molecule has 3 aromatic carbocycles. The fourth-order valence-corrected chi connectivity index (χ4v) is 4.65. The Morgan fingerprint density at radius 1 is 0.800 bits per heavy atom. The van der Waals surface area contributed by atoms with Gasteiger partial charge in [0, 0.05) is 55.0 Å². The Hall–Kier alpha value is -2.89. The molecule has 0 spiro atoms. The highest BCUT2D eigenvalue weighted by Gasteiger charge is 2.15. The van der Waals surface area contributed by atoms with Crippen LogP contribution < -0.4 is 10.5 Å². The zero-order chi connectivity index (χ0) is 25.2. The molecule has 5 heteroatoms. The van der Waals surface area contributed by atoms with Gasteiger partial charge in [-0.3, -0.25) is 9.69 Å². The van der Waals surface area contributed by atoms with Gasteiger partial charge in [0.2, 0.25) is 0 Å². The first kappa shape index (κ1) is 25.2. The minimum absolute atomic E-state index is 0.0316. The van der Waals surface area contributed by atoms with E-state index in [1.54, 1.807) is 0 Å².